The van der Waals surface area contributed by atoms with Gasteiger partial charge in [0.15, 0.2) is 0 Å². The molecule has 4 heteroatoms. The molecule has 0 aliphatic heterocycles. The molecule has 0 radical (unpaired) electrons. The molecule has 0 amide bonds. The lowest BCUT2D eigenvalue weighted by Crippen LogP contribution is -1.97. The maximum absolute atomic E-state index is 5.97. The van der Waals surface area contributed by atoms with E-state index >= 15 is 0 Å². The molecular formula is C15H13N3O. The van der Waals surface area contributed by atoms with E-state index in [1.54, 1.807) is 12.4 Å². The highest BCUT2D eigenvalue weighted by Gasteiger charge is 2.08. The third kappa shape index (κ3) is 2.08. The number of hydrogen-bond donors (Lipinski definition) is 1. The first kappa shape index (κ1) is 11.5. The van der Waals surface area contributed by atoms with E-state index in [1.807, 2.05) is 43.3 Å². The van der Waals surface area contributed by atoms with Crippen LogP contribution in [0.3, 0.4) is 0 Å². The minimum atomic E-state index is 0.427. The van der Waals surface area contributed by atoms with Gasteiger partial charge in [0.05, 0.1) is 11.2 Å². The zero-order valence-corrected chi connectivity index (χ0v) is 10.5. The Morgan fingerprint density at radius 3 is 2.79 bits per heavy atom. The van der Waals surface area contributed by atoms with E-state index in [0.29, 0.717) is 17.3 Å². The van der Waals surface area contributed by atoms with Crippen molar-refractivity contribution in [2.75, 3.05) is 5.73 Å². The summed E-state index contributed by atoms with van der Waals surface area (Å²) in [5.41, 5.74) is 8.36. The minimum absolute atomic E-state index is 0.427. The van der Waals surface area contributed by atoms with Crippen LogP contribution in [0, 0.1) is 6.92 Å². The van der Waals surface area contributed by atoms with E-state index < -0.39 is 0 Å². The van der Waals surface area contributed by atoms with Crippen molar-refractivity contribution in [2.24, 2.45) is 0 Å². The maximum atomic E-state index is 5.97. The fourth-order valence-corrected chi connectivity index (χ4v) is 1.89. The van der Waals surface area contributed by atoms with Crippen LogP contribution in [-0.4, -0.2) is 9.97 Å². The Morgan fingerprint density at radius 2 is 1.89 bits per heavy atom. The Kier molecular flexibility index (Phi) is 2.76. The molecule has 0 saturated carbocycles. The van der Waals surface area contributed by atoms with Gasteiger partial charge in [-0.15, -0.1) is 0 Å². The van der Waals surface area contributed by atoms with Crippen LogP contribution in [0.4, 0.5) is 5.69 Å². The summed E-state index contributed by atoms with van der Waals surface area (Å²) >= 11 is 0. The number of aryl methyl sites for hydroxylation is 1. The zero-order valence-electron chi connectivity index (χ0n) is 10.5. The molecule has 4 nitrogen and oxygen atoms in total. The lowest BCUT2D eigenvalue weighted by atomic mass is 10.2. The first-order chi connectivity index (χ1) is 9.25. The molecule has 0 bridgehead atoms. The number of benzene rings is 1. The van der Waals surface area contributed by atoms with Crippen molar-refractivity contribution < 1.29 is 4.74 Å². The molecule has 19 heavy (non-hydrogen) atoms. The Bertz CT molecular complexity index is 735. The smallest absolute Gasteiger partial charge is 0.242 e. The molecule has 0 fully saturated rings. The highest BCUT2D eigenvalue weighted by molar-refractivity contribution is 5.85. The number of fused-ring (bicyclic) bond motifs is 1. The molecule has 0 spiro atoms. The fourth-order valence-electron chi connectivity index (χ4n) is 1.89. The molecule has 0 aliphatic carbocycles. The molecule has 2 N–H and O–H groups in total. The van der Waals surface area contributed by atoms with Gasteiger partial charge in [-0.25, -0.2) is 4.98 Å². The molecule has 3 aromatic rings. The average molecular weight is 251 g/mol. The summed E-state index contributed by atoms with van der Waals surface area (Å²) in [5, 5.41) is 0.938. The van der Waals surface area contributed by atoms with Crippen LogP contribution < -0.4 is 10.5 Å². The number of ether oxygens (including phenoxy) is 1. The normalized spacial score (nSPS) is 10.6. The Morgan fingerprint density at radius 1 is 1.00 bits per heavy atom. The van der Waals surface area contributed by atoms with Crippen molar-refractivity contribution >= 4 is 16.6 Å². The fraction of sp³-hybridized carbons (Fsp3) is 0.0667. The average Bonchev–Trinajstić information content (AvgIpc) is 2.44. The van der Waals surface area contributed by atoms with Crippen molar-refractivity contribution in [3.05, 3.63) is 54.4 Å². The number of rotatable bonds is 2. The Balaban J connectivity index is 2.09. The number of nitrogen functional groups attached to an aromatic ring is 1. The number of pyridine rings is 2. The summed E-state index contributed by atoms with van der Waals surface area (Å²) in [6.45, 7) is 1.93. The van der Waals surface area contributed by atoms with Crippen molar-refractivity contribution in [1.29, 1.82) is 0 Å². The van der Waals surface area contributed by atoms with Crippen LogP contribution in [0.15, 0.2) is 48.8 Å². The van der Waals surface area contributed by atoms with Gasteiger partial charge < -0.3 is 10.5 Å². The lowest BCUT2D eigenvalue weighted by molar-refractivity contribution is 0.470. The zero-order chi connectivity index (χ0) is 13.2. The van der Waals surface area contributed by atoms with Gasteiger partial charge in [-0.05, 0) is 42.8 Å². The number of hydrogen-bond acceptors (Lipinski definition) is 4. The quantitative estimate of drug-likeness (QED) is 0.759. The topological polar surface area (TPSA) is 61.0 Å². The van der Waals surface area contributed by atoms with Gasteiger partial charge in [-0.3, -0.25) is 4.98 Å². The van der Waals surface area contributed by atoms with Crippen LogP contribution in [-0.2, 0) is 0 Å². The van der Waals surface area contributed by atoms with E-state index in [0.717, 1.165) is 16.5 Å². The first-order valence-corrected chi connectivity index (χ1v) is 5.98. The maximum Gasteiger partial charge on any atom is 0.242 e. The van der Waals surface area contributed by atoms with Gasteiger partial charge in [-0.1, -0.05) is 6.07 Å². The highest BCUT2D eigenvalue weighted by atomic mass is 16.5. The predicted molar refractivity (Wildman–Crippen MR) is 75.2 cm³/mol. The van der Waals surface area contributed by atoms with Gasteiger partial charge in [0.25, 0.3) is 0 Å². The van der Waals surface area contributed by atoms with E-state index in [1.165, 1.54) is 0 Å². The Hall–Kier alpha value is -2.62. The van der Waals surface area contributed by atoms with Crippen LogP contribution in [0.2, 0.25) is 0 Å². The monoisotopic (exact) mass is 251 g/mol. The molecule has 0 unspecified atom stereocenters. The lowest BCUT2D eigenvalue weighted by Gasteiger charge is -2.10. The third-order valence-corrected chi connectivity index (χ3v) is 2.98. The summed E-state index contributed by atoms with van der Waals surface area (Å²) in [4.78, 5) is 8.47. The van der Waals surface area contributed by atoms with Crippen molar-refractivity contribution in [1.82, 2.24) is 9.97 Å². The van der Waals surface area contributed by atoms with Gasteiger partial charge in [-0.2, -0.15) is 0 Å². The van der Waals surface area contributed by atoms with Crippen LogP contribution in [0.25, 0.3) is 10.9 Å². The second kappa shape index (κ2) is 4.57. The number of aromatic nitrogens is 2. The highest BCUT2D eigenvalue weighted by Crippen LogP contribution is 2.31. The first-order valence-electron chi connectivity index (χ1n) is 5.98. The van der Waals surface area contributed by atoms with E-state index in [9.17, 15) is 0 Å². The largest absolute Gasteiger partial charge is 0.436 e. The van der Waals surface area contributed by atoms with Crippen molar-refractivity contribution in [3.8, 4) is 11.6 Å². The van der Waals surface area contributed by atoms with Gasteiger partial charge in [0.2, 0.25) is 5.88 Å². The SMILES string of the molecule is Cc1ccnc(Oc2cccc3ncccc23)c1N. The summed E-state index contributed by atoms with van der Waals surface area (Å²) in [6.07, 6.45) is 3.44. The summed E-state index contributed by atoms with van der Waals surface area (Å²) < 4.78 is 5.83. The predicted octanol–water partition coefficient (Wildman–Crippen LogP) is 3.31. The Labute approximate surface area is 110 Å². The summed E-state index contributed by atoms with van der Waals surface area (Å²) in [6, 6.07) is 11.4. The van der Waals surface area contributed by atoms with E-state index in [-0.39, 0.29) is 0 Å². The molecule has 3 rings (SSSR count). The van der Waals surface area contributed by atoms with Crippen LogP contribution >= 0.6 is 0 Å². The minimum Gasteiger partial charge on any atom is -0.436 e. The molecule has 2 aromatic heterocycles. The number of anilines is 1. The number of nitrogens with zero attached hydrogens (tertiary/aromatic N) is 2. The molecule has 0 aliphatic rings. The van der Waals surface area contributed by atoms with Gasteiger partial charge >= 0.3 is 0 Å². The molecule has 0 saturated heterocycles. The third-order valence-electron chi connectivity index (χ3n) is 2.98. The van der Waals surface area contributed by atoms with E-state index in [4.69, 9.17) is 10.5 Å². The van der Waals surface area contributed by atoms with E-state index in [2.05, 4.69) is 9.97 Å². The molecule has 94 valence electrons. The standard InChI is InChI=1S/C15H13N3O/c1-10-7-9-18-15(14(10)16)19-13-6-2-5-12-11(13)4-3-8-17-12/h2-9H,16H2,1H3. The molecule has 0 atom stereocenters. The van der Waals surface area contributed by atoms with Gasteiger partial charge in [0, 0.05) is 17.8 Å². The molecule has 1 aromatic carbocycles. The van der Waals surface area contributed by atoms with Crippen molar-refractivity contribution in [3.63, 3.8) is 0 Å². The number of nitrogens with two attached hydrogens (primary N) is 1. The molecular weight excluding hydrogens is 238 g/mol. The van der Waals surface area contributed by atoms with Crippen LogP contribution in [0.5, 0.6) is 11.6 Å². The summed E-state index contributed by atoms with van der Waals surface area (Å²) in [5.74, 6) is 1.13. The summed E-state index contributed by atoms with van der Waals surface area (Å²) in [7, 11) is 0. The second-order valence-corrected chi connectivity index (χ2v) is 4.27. The van der Waals surface area contributed by atoms with Gasteiger partial charge in [0.1, 0.15) is 5.75 Å². The second-order valence-electron chi connectivity index (χ2n) is 4.27. The van der Waals surface area contributed by atoms with Crippen molar-refractivity contribution in [2.45, 2.75) is 6.92 Å². The molecule has 2 heterocycles. The van der Waals surface area contributed by atoms with Crippen LogP contribution in [0.1, 0.15) is 5.56 Å².